The maximum Gasteiger partial charge on any atom is 0.169 e. The van der Waals surface area contributed by atoms with Crippen molar-refractivity contribution in [2.75, 3.05) is 24.8 Å². The van der Waals surface area contributed by atoms with Gasteiger partial charge in [0, 0.05) is 24.9 Å². The van der Waals surface area contributed by atoms with Crippen LogP contribution in [0.4, 0.5) is 26.1 Å². The van der Waals surface area contributed by atoms with Gasteiger partial charge < -0.3 is 15.4 Å². The molecule has 0 bridgehead atoms. The molecule has 100 valence electrons. The van der Waals surface area contributed by atoms with E-state index in [1.54, 1.807) is 24.3 Å². The summed E-state index contributed by atoms with van der Waals surface area (Å²) >= 11 is 0. The van der Waals surface area contributed by atoms with Gasteiger partial charge in [-0.2, -0.15) is 0 Å². The maximum atomic E-state index is 13.6. The predicted molar refractivity (Wildman–Crippen MR) is 70.0 cm³/mol. The van der Waals surface area contributed by atoms with Gasteiger partial charge in [0.25, 0.3) is 0 Å². The molecule has 0 spiro atoms. The second-order valence-electron chi connectivity index (χ2n) is 3.76. The molecular weight excluding hydrogens is 252 g/mol. The third-order valence-electron chi connectivity index (χ3n) is 2.50. The first kappa shape index (κ1) is 13.1. The SMILES string of the molecule is CNc1nc(Nc2cccc(OC)c2)c(F)cc1F. The molecule has 0 radical (unpaired) electrons. The molecule has 0 aliphatic carbocycles. The van der Waals surface area contributed by atoms with E-state index >= 15 is 0 Å². The summed E-state index contributed by atoms with van der Waals surface area (Å²) in [6.45, 7) is 0. The van der Waals surface area contributed by atoms with E-state index in [0.29, 0.717) is 11.4 Å². The van der Waals surface area contributed by atoms with Crippen LogP contribution in [0.1, 0.15) is 0 Å². The van der Waals surface area contributed by atoms with E-state index < -0.39 is 11.6 Å². The Bertz CT molecular complexity index is 590. The second kappa shape index (κ2) is 5.51. The van der Waals surface area contributed by atoms with E-state index in [9.17, 15) is 8.78 Å². The van der Waals surface area contributed by atoms with Crippen LogP contribution in [0, 0.1) is 11.6 Å². The van der Waals surface area contributed by atoms with E-state index in [0.717, 1.165) is 6.07 Å². The average Bonchev–Trinajstić information content (AvgIpc) is 2.42. The Balaban J connectivity index is 2.32. The summed E-state index contributed by atoms with van der Waals surface area (Å²) in [6, 6.07) is 7.71. The van der Waals surface area contributed by atoms with Crippen LogP contribution in [0.15, 0.2) is 30.3 Å². The summed E-state index contributed by atoms with van der Waals surface area (Å²) in [4.78, 5) is 3.83. The lowest BCUT2D eigenvalue weighted by Gasteiger charge is -2.10. The number of ether oxygens (including phenoxy) is 1. The smallest absolute Gasteiger partial charge is 0.169 e. The van der Waals surface area contributed by atoms with Crippen LogP contribution in [-0.2, 0) is 0 Å². The molecule has 2 N–H and O–H groups in total. The van der Waals surface area contributed by atoms with Gasteiger partial charge >= 0.3 is 0 Å². The highest BCUT2D eigenvalue weighted by Gasteiger charge is 2.11. The Morgan fingerprint density at radius 2 is 1.84 bits per heavy atom. The van der Waals surface area contributed by atoms with Crippen molar-refractivity contribution in [3.8, 4) is 5.75 Å². The van der Waals surface area contributed by atoms with E-state index in [2.05, 4.69) is 15.6 Å². The molecule has 6 heteroatoms. The zero-order valence-electron chi connectivity index (χ0n) is 10.5. The van der Waals surface area contributed by atoms with Gasteiger partial charge in [-0.15, -0.1) is 0 Å². The molecule has 1 heterocycles. The monoisotopic (exact) mass is 265 g/mol. The summed E-state index contributed by atoms with van der Waals surface area (Å²) < 4.78 is 31.9. The summed E-state index contributed by atoms with van der Waals surface area (Å²) in [5, 5.41) is 5.33. The number of nitrogens with zero attached hydrogens (tertiary/aromatic N) is 1. The number of aromatic nitrogens is 1. The van der Waals surface area contributed by atoms with Gasteiger partial charge in [-0.1, -0.05) is 6.07 Å². The van der Waals surface area contributed by atoms with Gasteiger partial charge in [-0.3, -0.25) is 0 Å². The number of hydrogen-bond acceptors (Lipinski definition) is 4. The number of pyridine rings is 1. The molecule has 0 saturated heterocycles. The fourth-order valence-corrected chi connectivity index (χ4v) is 1.57. The molecule has 0 atom stereocenters. The van der Waals surface area contributed by atoms with Crippen molar-refractivity contribution in [1.29, 1.82) is 0 Å². The fourth-order valence-electron chi connectivity index (χ4n) is 1.57. The molecule has 0 aliphatic rings. The largest absolute Gasteiger partial charge is 0.497 e. The molecule has 2 aromatic rings. The van der Waals surface area contributed by atoms with Crippen LogP contribution in [0.25, 0.3) is 0 Å². The summed E-state index contributed by atoms with van der Waals surface area (Å²) in [7, 11) is 3.05. The predicted octanol–water partition coefficient (Wildman–Crippen LogP) is 3.15. The third-order valence-corrected chi connectivity index (χ3v) is 2.50. The molecule has 4 nitrogen and oxygen atoms in total. The number of hydrogen-bond donors (Lipinski definition) is 2. The molecule has 0 unspecified atom stereocenters. The highest BCUT2D eigenvalue weighted by atomic mass is 19.1. The number of rotatable bonds is 4. The molecule has 0 aliphatic heterocycles. The fraction of sp³-hybridized carbons (Fsp3) is 0.154. The van der Waals surface area contributed by atoms with Gasteiger partial charge in [0.05, 0.1) is 7.11 Å². The highest BCUT2D eigenvalue weighted by molar-refractivity contribution is 5.60. The lowest BCUT2D eigenvalue weighted by Crippen LogP contribution is -2.03. The molecule has 0 saturated carbocycles. The van der Waals surface area contributed by atoms with Crippen LogP contribution in [0.2, 0.25) is 0 Å². The quantitative estimate of drug-likeness (QED) is 0.891. The van der Waals surface area contributed by atoms with Crippen molar-refractivity contribution < 1.29 is 13.5 Å². The van der Waals surface area contributed by atoms with E-state index in [4.69, 9.17) is 4.74 Å². The maximum absolute atomic E-state index is 13.6. The molecule has 1 aromatic heterocycles. The normalized spacial score (nSPS) is 10.1. The van der Waals surface area contributed by atoms with Crippen LogP contribution in [0.3, 0.4) is 0 Å². The van der Waals surface area contributed by atoms with Crippen molar-refractivity contribution in [2.24, 2.45) is 0 Å². The third kappa shape index (κ3) is 2.90. The Morgan fingerprint density at radius 1 is 1.11 bits per heavy atom. The highest BCUT2D eigenvalue weighted by Crippen LogP contribution is 2.24. The van der Waals surface area contributed by atoms with Crippen molar-refractivity contribution in [1.82, 2.24) is 4.98 Å². The molecule has 0 amide bonds. The molecule has 2 rings (SSSR count). The first-order valence-electron chi connectivity index (χ1n) is 5.59. The summed E-state index contributed by atoms with van der Waals surface area (Å²) in [6.07, 6.45) is 0. The summed E-state index contributed by atoms with van der Waals surface area (Å²) in [5.41, 5.74) is 0.597. The number of benzene rings is 1. The second-order valence-corrected chi connectivity index (χ2v) is 3.76. The van der Waals surface area contributed by atoms with Crippen molar-refractivity contribution in [3.05, 3.63) is 42.0 Å². The standard InChI is InChI=1S/C13H13F2N3O/c1-16-12-10(14)7-11(15)13(18-12)17-8-4-3-5-9(6-8)19-2/h3-7H,1-2H3,(H2,16,17,18). The molecule has 19 heavy (non-hydrogen) atoms. The Morgan fingerprint density at radius 3 is 2.53 bits per heavy atom. The van der Waals surface area contributed by atoms with Gasteiger partial charge in [0.2, 0.25) is 0 Å². The lowest BCUT2D eigenvalue weighted by molar-refractivity contribution is 0.415. The van der Waals surface area contributed by atoms with Crippen LogP contribution in [-0.4, -0.2) is 19.1 Å². The van der Waals surface area contributed by atoms with Crippen molar-refractivity contribution in [3.63, 3.8) is 0 Å². The van der Waals surface area contributed by atoms with Gasteiger partial charge in [-0.05, 0) is 12.1 Å². The molecule has 0 fully saturated rings. The van der Waals surface area contributed by atoms with Crippen molar-refractivity contribution in [2.45, 2.75) is 0 Å². The van der Waals surface area contributed by atoms with E-state index in [1.807, 2.05) is 0 Å². The zero-order chi connectivity index (χ0) is 13.8. The van der Waals surface area contributed by atoms with E-state index in [-0.39, 0.29) is 11.6 Å². The molecule has 1 aromatic carbocycles. The van der Waals surface area contributed by atoms with Gasteiger partial charge in [0.15, 0.2) is 23.3 Å². The Hall–Kier alpha value is -2.37. The van der Waals surface area contributed by atoms with Crippen LogP contribution < -0.4 is 15.4 Å². The Labute approximate surface area is 109 Å². The minimum absolute atomic E-state index is 0.0215. The van der Waals surface area contributed by atoms with Gasteiger partial charge in [-0.25, -0.2) is 13.8 Å². The number of anilines is 3. The van der Waals surface area contributed by atoms with Gasteiger partial charge in [0.1, 0.15) is 5.75 Å². The lowest BCUT2D eigenvalue weighted by atomic mass is 10.3. The first-order chi connectivity index (χ1) is 9.13. The minimum atomic E-state index is -0.765. The minimum Gasteiger partial charge on any atom is -0.497 e. The first-order valence-corrected chi connectivity index (χ1v) is 5.59. The average molecular weight is 265 g/mol. The van der Waals surface area contributed by atoms with Crippen molar-refractivity contribution >= 4 is 17.3 Å². The number of halogens is 2. The van der Waals surface area contributed by atoms with Crippen LogP contribution in [0.5, 0.6) is 5.75 Å². The number of methoxy groups -OCH3 is 1. The topological polar surface area (TPSA) is 46.2 Å². The van der Waals surface area contributed by atoms with E-state index in [1.165, 1.54) is 14.2 Å². The molecular formula is C13H13F2N3O. The Kier molecular flexibility index (Phi) is 3.79. The number of nitrogens with one attached hydrogen (secondary N) is 2. The summed E-state index contributed by atoms with van der Waals surface area (Å²) in [5.74, 6) is -0.956. The zero-order valence-corrected chi connectivity index (χ0v) is 10.5. The van der Waals surface area contributed by atoms with Crippen LogP contribution >= 0.6 is 0 Å².